The summed E-state index contributed by atoms with van der Waals surface area (Å²) in [6.45, 7) is 2.12. The van der Waals surface area contributed by atoms with Crippen LogP contribution < -0.4 is 5.73 Å². The number of anilines is 1. The molecular formula is C15H17N3O2. The van der Waals surface area contributed by atoms with Crippen molar-refractivity contribution in [2.45, 2.75) is 19.8 Å². The number of aromatic amines is 1. The Morgan fingerprint density at radius 2 is 2.25 bits per heavy atom. The molecule has 3 rings (SSSR count). The molecule has 1 heterocycles. The van der Waals surface area contributed by atoms with Gasteiger partial charge in [0.1, 0.15) is 0 Å². The third kappa shape index (κ3) is 2.27. The molecule has 3 N–H and O–H groups in total. The number of aromatic nitrogens is 2. The molecule has 1 aliphatic rings. The number of hydrogen-bond donors (Lipinski definition) is 2. The van der Waals surface area contributed by atoms with E-state index in [4.69, 9.17) is 10.5 Å². The van der Waals surface area contributed by atoms with Crippen LogP contribution in [0.1, 0.15) is 35.7 Å². The van der Waals surface area contributed by atoms with E-state index in [9.17, 15) is 4.79 Å². The van der Waals surface area contributed by atoms with E-state index in [-0.39, 0.29) is 5.97 Å². The van der Waals surface area contributed by atoms with Crippen molar-refractivity contribution in [2.24, 2.45) is 5.92 Å². The zero-order valence-electron chi connectivity index (χ0n) is 11.6. The smallest absolute Gasteiger partial charge is 0.337 e. The summed E-state index contributed by atoms with van der Waals surface area (Å²) in [7, 11) is 1.37. The van der Waals surface area contributed by atoms with E-state index in [0.717, 1.165) is 16.6 Å². The van der Waals surface area contributed by atoms with Gasteiger partial charge in [-0.2, -0.15) is 0 Å². The van der Waals surface area contributed by atoms with E-state index in [2.05, 4.69) is 23.0 Å². The lowest BCUT2D eigenvalue weighted by Gasteiger charge is -2.04. The fraction of sp³-hybridized carbons (Fsp3) is 0.333. The van der Waals surface area contributed by atoms with Gasteiger partial charge in [-0.3, -0.25) is 0 Å². The highest BCUT2D eigenvalue weighted by atomic mass is 16.5. The molecule has 0 unspecified atom stereocenters. The number of carbonyl (C=O) groups excluding carboxylic acids is 1. The first-order valence-electron chi connectivity index (χ1n) is 6.64. The van der Waals surface area contributed by atoms with E-state index in [1.54, 1.807) is 12.1 Å². The zero-order valence-corrected chi connectivity index (χ0v) is 11.6. The number of esters is 1. The summed E-state index contributed by atoms with van der Waals surface area (Å²) in [5.74, 6) is 0.655. The molecule has 1 aromatic heterocycles. The van der Waals surface area contributed by atoms with Gasteiger partial charge < -0.3 is 15.5 Å². The van der Waals surface area contributed by atoms with Crippen LogP contribution in [0.5, 0.6) is 0 Å². The van der Waals surface area contributed by atoms with E-state index < -0.39 is 0 Å². The third-order valence-corrected chi connectivity index (χ3v) is 3.66. The summed E-state index contributed by atoms with van der Waals surface area (Å²) in [5.41, 5.74) is 9.97. The molecule has 1 aliphatic carbocycles. The van der Waals surface area contributed by atoms with Crippen molar-refractivity contribution in [3.63, 3.8) is 0 Å². The number of nitrogen functional groups attached to an aromatic ring is 1. The molecule has 1 fully saturated rings. The summed E-state index contributed by atoms with van der Waals surface area (Å²) in [4.78, 5) is 19.0. The minimum absolute atomic E-state index is 0.348. The minimum atomic E-state index is -0.362. The van der Waals surface area contributed by atoms with Crippen LogP contribution in [0.2, 0.25) is 0 Å². The molecule has 5 nitrogen and oxygen atoms in total. The van der Waals surface area contributed by atoms with Gasteiger partial charge in [0.05, 0.1) is 23.7 Å². The number of carbonyl (C=O) groups is 1. The Hall–Kier alpha value is -2.30. The quantitative estimate of drug-likeness (QED) is 0.841. The van der Waals surface area contributed by atoms with Crippen LogP contribution in [0.4, 0.5) is 5.95 Å². The van der Waals surface area contributed by atoms with Gasteiger partial charge >= 0.3 is 5.97 Å². The van der Waals surface area contributed by atoms with Crippen LogP contribution in [0.15, 0.2) is 17.7 Å². The first-order chi connectivity index (χ1) is 9.58. The molecule has 0 saturated heterocycles. The van der Waals surface area contributed by atoms with Crippen LogP contribution in [0, 0.1) is 5.92 Å². The number of allylic oxidation sites excluding steroid dienone is 1. The molecule has 1 aromatic carbocycles. The van der Waals surface area contributed by atoms with E-state index in [0.29, 0.717) is 17.4 Å². The number of nitrogens with zero attached hydrogens (tertiary/aromatic N) is 1. The topological polar surface area (TPSA) is 81.0 Å². The van der Waals surface area contributed by atoms with Crippen molar-refractivity contribution in [1.82, 2.24) is 9.97 Å². The number of ether oxygens (including phenoxy) is 1. The Morgan fingerprint density at radius 3 is 2.90 bits per heavy atom. The van der Waals surface area contributed by atoms with Crippen LogP contribution in [-0.2, 0) is 4.74 Å². The average molecular weight is 271 g/mol. The first kappa shape index (κ1) is 12.7. The second kappa shape index (κ2) is 4.67. The summed E-state index contributed by atoms with van der Waals surface area (Å²) in [6, 6.07) is 3.52. The maximum Gasteiger partial charge on any atom is 0.337 e. The minimum Gasteiger partial charge on any atom is -0.465 e. The Kier molecular flexibility index (Phi) is 2.97. The summed E-state index contributed by atoms with van der Waals surface area (Å²) in [6.07, 6.45) is 4.57. The van der Waals surface area contributed by atoms with Gasteiger partial charge in [-0.25, -0.2) is 9.78 Å². The van der Waals surface area contributed by atoms with E-state index >= 15 is 0 Å². The second-order valence-corrected chi connectivity index (χ2v) is 5.24. The second-order valence-electron chi connectivity index (χ2n) is 5.24. The number of imidazole rings is 1. The Bertz CT molecular complexity index is 711. The molecule has 1 saturated carbocycles. The normalized spacial score (nSPS) is 15.6. The van der Waals surface area contributed by atoms with Crippen molar-refractivity contribution in [1.29, 1.82) is 0 Å². The Morgan fingerprint density at radius 1 is 1.50 bits per heavy atom. The van der Waals surface area contributed by atoms with Gasteiger partial charge in [-0.05, 0) is 37.8 Å². The Balaban J connectivity index is 2.16. The highest BCUT2D eigenvalue weighted by Gasteiger charge is 2.23. The molecular weight excluding hydrogens is 254 g/mol. The standard InChI is InChI=1S/C15H17N3O2/c1-8(9-3-4-9)5-10-6-11(14(19)20-2)7-12-13(10)18-15(16)17-12/h5-7,9H,3-4H2,1-2H3,(H3,16,17,18)/b8-5+. The SMILES string of the molecule is COC(=O)c1cc(/C=C(\C)C2CC2)c2nc(N)[nH]c2c1. The Labute approximate surface area is 116 Å². The maximum atomic E-state index is 11.7. The highest BCUT2D eigenvalue weighted by molar-refractivity contribution is 5.97. The largest absolute Gasteiger partial charge is 0.465 e. The van der Waals surface area contributed by atoms with Crippen LogP contribution in [-0.4, -0.2) is 23.0 Å². The molecule has 0 atom stereocenters. The predicted octanol–water partition coefficient (Wildman–Crippen LogP) is 2.75. The number of hydrogen-bond acceptors (Lipinski definition) is 4. The zero-order chi connectivity index (χ0) is 14.3. The monoisotopic (exact) mass is 271 g/mol. The van der Waals surface area contributed by atoms with Gasteiger partial charge in [0.2, 0.25) is 0 Å². The molecule has 0 bridgehead atoms. The molecule has 2 aromatic rings. The summed E-state index contributed by atoms with van der Waals surface area (Å²) >= 11 is 0. The fourth-order valence-electron chi connectivity index (χ4n) is 2.41. The van der Waals surface area contributed by atoms with Crippen molar-refractivity contribution >= 4 is 29.0 Å². The number of H-pyrrole nitrogens is 1. The lowest BCUT2D eigenvalue weighted by atomic mass is 10.0. The third-order valence-electron chi connectivity index (χ3n) is 3.66. The van der Waals surface area contributed by atoms with E-state index in [1.807, 2.05) is 0 Å². The molecule has 0 aliphatic heterocycles. The lowest BCUT2D eigenvalue weighted by Crippen LogP contribution is -2.01. The number of nitrogens with one attached hydrogen (secondary N) is 1. The number of methoxy groups -OCH3 is 1. The van der Waals surface area contributed by atoms with Crippen LogP contribution in [0.3, 0.4) is 0 Å². The first-order valence-corrected chi connectivity index (χ1v) is 6.64. The van der Waals surface area contributed by atoms with Crippen LogP contribution >= 0.6 is 0 Å². The van der Waals surface area contributed by atoms with Gasteiger partial charge in [-0.15, -0.1) is 0 Å². The molecule has 0 amide bonds. The molecule has 5 heteroatoms. The average Bonchev–Trinajstić information content (AvgIpc) is 3.20. The summed E-state index contributed by atoms with van der Waals surface area (Å²) in [5, 5.41) is 0. The van der Waals surface area contributed by atoms with E-state index in [1.165, 1.54) is 25.5 Å². The van der Waals surface area contributed by atoms with Crippen molar-refractivity contribution in [3.05, 3.63) is 28.8 Å². The van der Waals surface area contributed by atoms with Crippen molar-refractivity contribution in [3.8, 4) is 0 Å². The van der Waals surface area contributed by atoms with Gasteiger partial charge in [-0.1, -0.05) is 11.6 Å². The summed E-state index contributed by atoms with van der Waals surface area (Å²) < 4.78 is 4.79. The number of rotatable bonds is 3. The highest BCUT2D eigenvalue weighted by Crippen LogP contribution is 2.37. The van der Waals surface area contributed by atoms with Gasteiger partial charge in [0, 0.05) is 5.56 Å². The molecule has 0 spiro atoms. The van der Waals surface area contributed by atoms with Crippen molar-refractivity contribution < 1.29 is 9.53 Å². The van der Waals surface area contributed by atoms with Gasteiger partial charge in [0.25, 0.3) is 0 Å². The molecule has 0 radical (unpaired) electrons. The van der Waals surface area contributed by atoms with Crippen molar-refractivity contribution in [2.75, 3.05) is 12.8 Å². The van der Waals surface area contributed by atoms with Crippen LogP contribution in [0.25, 0.3) is 17.1 Å². The predicted molar refractivity (Wildman–Crippen MR) is 78.2 cm³/mol. The van der Waals surface area contributed by atoms with Gasteiger partial charge in [0.15, 0.2) is 5.95 Å². The fourth-order valence-corrected chi connectivity index (χ4v) is 2.41. The number of benzene rings is 1. The molecule has 20 heavy (non-hydrogen) atoms. The number of nitrogens with two attached hydrogens (primary N) is 1. The molecule has 104 valence electrons. The number of fused-ring (bicyclic) bond motifs is 1. The maximum absolute atomic E-state index is 11.7. The lowest BCUT2D eigenvalue weighted by molar-refractivity contribution is 0.0601.